The lowest BCUT2D eigenvalue weighted by Gasteiger charge is -2.30. The Bertz CT molecular complexity index is 419. The van der Waals surface area contributed by atoms with Gasteiger partial charge in [-0.05, 0) is 43.7 Å². The molecule has 3 nitrogen and oxygen atoms in total. The van der Waals surface area contributed by atoms with Crippen molar-refractivity contribution in [3.8, 4) is 0 Å². The second-order valence-electron chi connectivity index (χ2n) is 5.36. The first-order chi connectivity index (χ1) is 9.20. The zero-order valence-electron chi connectivity index (χ0n) is 11.4. The molecule has 19 heavy (non-hydrogen) atoms. The summed E-state index contributed by atoms with van der Waals surface area (Å²) in [5.41, 5.74) is 1.58. The van der Waals surface area contributed by atoms with Gasteiger partial charge in [0.15, 0.2) is 0 Å². The van der Waals surface area contributed by atoms with Gasteiger partial charge >= 0.3 is 0 Å². The molecule has 2 atom stereocenters. The third-order valence-corrected chi connectivity index (χ3v) is 4.79. The van der Waals surface area contributed by atoms with E-state index in [1.54, 1.807) is 6.20 Å². The Morgan fingerprint density at radius 2 is 2.11 bits per heavy atom. The van der Waals surface area contributed by atoms with E-state index in [2.05, 4.69) is 26.2 Å². The van der Waals surface area contributed by atoms with Crippen molar-refractivity contribution in [2.45, 2.75) is 32.6 Å². The molecular formula is C15H21BrN2O. The minimum Gasteiger partial charge on any atom is -0.352 e. The predicted octanol–water partition coefficient (Wildman–Crippen LogP) is 3.32. The zero-order chi connectivity index (χ0) is 13.7. The summed E-state index contributed by atoms with van der Waals surface area (Å²) in [6.07, 6.45) is 6.76. The van der Waals surface area contributed by atoms with E-state index in [4.69, 9.17) is 0 Å². The molecule has 2 unspecified atom stereocenters. The molecule has 104 valence electrons. The maximum Gasteiger partial charge on any atom is 0.252 e. The molecule has 0 saturated heterocycles. The standard InChI is InChI=1S/C15H21BrN2O/c1-11-6-7-14(10-17-11)15(19)18-9-13-5-3-2-4-12(13)8-16/h6-7,10,12-13H,2-5,8-9H2,1H3,(H,18,19). The van der Waals surface area contributed by atoms with Gasteiger partial charge in [-0.25, -0.2) is 0 Å². The van der Waals surface area contributed by atoms with Gasteiger partial charge in [0.2, 0.25) is 0 Å². The summed E-state index contributed by atoms with van der Waals surface area (Å²) in [6.45, 7) is 2.70. The third kappa shape index (κ3) is 4.03. The highest BCUT2D eigenvalue weighted by Crippen LogP contribution is 2.30. The van der Waals surface area contributed by atoms with Crippen LogP contribution in [-0.4, -0.2) is 22.8 Å². The average Bonchev–Trinajstić information content (AvgIpc) is 2.45. The van der Waals surface area contributed by atoms with Crippen molar-refractivity contribution in [1.29, 1.82) is 0 Å². The van der Waals surface area contributed by atoms with Gasteiger partial charge in [-0.3, -0.25) is 9.78 Å². The van der Waals surface area contributed by atoms with Crippen LogP contribution in [0.15, 0.2) is 18.3 Å². The number of rotatable bonds is 4. The summed E-state index contributed by atoms with van der Waals surface area (Å²) >= 11 is 3.59. The monoisotopic (exact) mass is 324 g/mol. The van der Waals surface area contributed by atoms with E-state index >= 15 is 0 Å². The number of carbonyl (C=O) groups is 1. The van der Waals surface area contributed by atoms with Crippen LogP contribution in [0.1, 0.15) is 41.7 Å². The maximum atomic E-state index is 12.0. The molecule has 4 heteroatoms. The summed E-state index contributed by atoms with van der Waals surface area (Å²) in [5.74, 6) is 1.30. The van der Waals surface area contributed by atoms with Gasteiger partial charge in [0.1, 0.15) is 0 Å². The first-order valence-corrected chi connectivity index (χ1v) is 8.09. The molecule has 0 bridgehead atoms. The predicted molar refractivity (Wildman–Crippen MR) is 80.5 cm³/mol. The number of aryl methyl sites for hydroxylation is 1. The van der Waals surface area contributed by atoms with Crippen molar-refractivity contribution in [3.63, 3.8) is 0 Å². The van der Waals surface area contributed by atoms with E-state index in [1.165, 1.54) is 25.7 Å². The number of nitrogens with zero attached hydrogens (tertiary/aromatic N) is 1. The lowest BCUT2D eigenvalue weighted by molar-refractivity contribution is 0.0936. The first kappa shape index (κ1) is 14.5. The van der Waals surface area contributed by atoms with Crippen LogP contribution in [0.3, 0.4) is 0 Å². The second-order valence-corrected chi connectivity index (χ2v) is 6.00. The van der Waals surface area contributed by atoms with Crippen LogP contribution in [0.2, 0.25) is 0 Å². The third-order valence-electron chi connectivity index (χ3n) is 3.96. The minimum atomic E-state index is -0.00797. The Morgan fingerprint density at radius 1 is 1.37 bits per heavy atom. The van der Waals surface area contributed by atoms with E-state index in [1.807, 2.05) is 19.1 Å². The summed E-state index contributed by atoms with van der Waals surface area (Å²) in [7, 11) is 0. The fraction of sp³-hybridized carbons (Fsp3) is 0.600. The van der Waals surface area contributed by atoms with E-state index in [9.17, 15) is 4.79 Å². The molecule has 1 aliphatic carbocycles. The maximum absolute atomic E-state index is 12.0. The van der Waals surface area contributed by atoms with Crippen LogP contribution in [0.25, 0.3) is 0 Å². The van der Waals surface area contributed by atoms with Gasteiger partial charge in [0.25, 0.3) is 5.91 Å². The topological polar surface area (TPSA) is 42.0 Å². The average molecular weight is 325 g/mol. The number of aromatic nitrogens is 1. The van der Waals surface area contributed by atoms with Gasteiger partial charge in [-0.15, -0.1) is 0 Å². The molecule has 1 aromatic rings. The Labute approximate surface area is 123 Å². The molecule has 1 heterocycles. The highest BCUT2D eigenvalue weighted by Gasteiger charge is 2.24. The van der Waals surface area contributed by atoms with Crippen molar-refractivity contribution in [2.75, 3.05) is 11.9 Å². The second kappa shape index (κ2) is 7.04. The van der Waals surface area contributed by atoms with Crippen LogP contribution < -0.4 is 5.32 Å². The molecule has 0 aromatic carbocycles. The number of amides is 1. The number of nitrogens with one attached hydrogen (secondary N) is 1. The van der Waals surface area contributed by atoms with Crippen LogP contribution in [0.4, 0.5) is 0 Å². The molecule has 1 fully saturated rings. The van der Waals surface area contributed by atoms with Crippen molar-refractivity contribution < 1.29 is 4.79 Å². The number of halogens is 1. The Kier molecular flexibility index (Phi) is 5.37. The van der Waals surface area contributed by atoms with Crippen molar-refractivity contribution in [2.24, 2.45) is 11.8 Å². The lowest BCUT2D eigenvalue weighted by Crippen LogP contribution is -2.34. The zero-order valence-corrected chi connectivity index (χ0v) is 12.9. The molecule has 0 spiro atoms. The molecule has 1 saturated carbocycles. The van der Waals surface area contributed by atoms with E-state index < -0.39 is 0 Å². The molecule has 1 N–H and O–H groups in total. The summed E-state index contributed by atoms with van der Waals surface area (Å²) in [5, 5.41) is 4.09. The Balaban J connectivity index is 1.87. The minimum absolute atomic E-state index is 0.00797. The Hall–Kier alpha value is -0.900. The molecular weight excluding hydrogens is 304 g/mol. The Morgan fingerprint density at radius 3 is 2.74 bits per heavy atom. The molecule has 0 radical (unpaired) electrons. The fourth-order valence-electron chi connectivity index (χ4n) is 2.68. The number of pyridine rings is 1. The van der Waals surface area contributed by atoms with Crippen molar-refractivity contribution in [1.82, 2.24) is 10.3 Å². The van der Waals surface area contributed by atoms with Gasteiger partial charge < -0.3 is 5.32 Å². The first-order valence-electron chi connectivity index (χ1n) is 6.97. The molecule has 1 aromatic heterocycles. The molecule has 1 amide bonds. The van der Waals surface area contributed by atoms with Crippen LogP contribution in [0, 0.1) is 18.8 Å². The number of hydrogen-bond acceptors (Lipinski definition) is 2. The van der Waals surface area contributed by atoms with Crippen LogP contribution >= 0.6 is 15.9 Å². The van der Waals surface area contributed by atoms with Crippen molar-refractivity contribution in [3.05, 3.63) is 29.6 Å². The quantitative estimate of drug-likeness (QED) is 0.863. The van der Waals surface area contributed by atoms with Crippen molar-refractivity contribution >= 4 is 21.8 Å². The van der Waals surface area contributed by atoms with Gasteiger partial charge in [-0.2, -0.15) is 0 Å². The molecule has 2 rings (SSSR count). The molecule has 1 aliphatic rings. The van der Waals surface area contributed by atoms with E-state index in [0.717, 1.165) is 17.6 Å². The van der Waals surface area contributed by atoms with Gasteiger partial charge in [0, 0.05) is 23.8 Å². The smallest absolute Gasteiger partial charge is 0.252 e. The summed E-state index contributed by atoms with van der Waals surface area (Å²) in [6, 6.07) is 3.71. The fourth-order valence-corrected chi connectivity index (χ4v) is 3.54. The number of alkyl halides is 1. The lowest BCUT2D eigenvalue weighted by atomic mass is 9.80. The number of hydrogen-bond donors (Lipinski definition) is 1. The summed E-state index contributed by atoms with van der Waals surface area (Å²) in [4.78, 5) is 16.2. The van der Waals surface area contributed by atoms with E-state index in [0.29, 0.717) is 17.4 Å². The molecule has 0 aliphatic heterocycles. The highest BCUT2D eigenvalue weighted by atomic mass is 79.9. The van der Waals surface area contributed by atoms with Crippen LogP contribution in [0.5, 0.6) is 0 Å². The summed E-state index contributed by atoms with van der Waals surface area (Å²) < 4.78 is 0. The number of carbonyl (C=O) groups excluding carboxylic acids is 1. The largest absolute Gasteiger partial charge is 0.352 e. The highest BCUT2D eigenvalue weighted by molar-refractivity contribution is 9.09. The van der Waals surface area contributed by atoms with Gasteiger partial charge in [0.05, 0.1) is 5.56 Å². The van der Waals surface area contributed by atoms with Crippen LogP contribution in [-0.2, 0) is 0 Å². The normalized spacial score (nSPS) is 23.1. The SMILES string of the molecule is Cc1ccc(C(=O)NCC2CCCCC2CBr)cn1. The van der Waals surface area contributed by atoms with Gasteiger partial charge in [-0.1, -0.05) is 28.8 Å². The van der Waals surface area contributed by atoms with E-state index in [-0.39, 0.29) is 5.91 Å².